The van der Waals surface area contributed by atoms with Gasteiger partial charge in [-0.25, -0.2) is 13.9 Å². The number of fused-ring (bicyclic) bond motifs is 2. The molecule has 8 heteroatoms. The van der Waals surface area contributed by atoms with Crippen LogP contribution in [0.4, 0.5) is 5.82 Å². The number of hydrogen-bond acceptors (Lipinski definition) is 4. The summed E-state index contributed by atoms with van der Waals surface area (Å²) in [6, 6.07) is 10.8. The van der Waals surface area contributed by atoms with Gasteiger partial charge in [0.2, 0.25) is 0 Å². The predicted octanol–water partition coefficient (Wildman–Crippen LogP) is 4.56. The van der Waals surface area contributed by atoms with Crippen LogP contribution in [0, 0.1) is 10.2 Å². The van der Waals surface area contributed by atoms with Crippen LogP contribution in [0.2, 0.25) is 0 Å². The minimum absolute atomic E-state index is 0.0825. The predicted molar refractivity (Wildman–Crippen MR) is 129 cm³/mol. The van der Waals surface area contributed by atoms with Gasteiger partial charge in [-0.1, -0.05) is 24.3 Å². The zero-order valence-electron chi connectivity index (χ0n) is 18.2. The summed E-state index contributed by atoms with van der Waals surface area (Å²) in [5.74, 6) is 0.978. The van der Waals surface area contributed by atoms with Crippen LogP contribution in [0.15, 0.2) is 36.5 Å². The van der Waals surface area contributed by atoms with Crippen molar-refractivity contribution in [2.45, 2.75) is 50.8 Å². The molecule has 31 heavy (non-hydrogen) atoms. The molecule has 0 radical (unpaired) electrons. The van der Waals surface area contributed by atoms with Gasteiger partial charge in [0.15, 0.2) is 4.77 Å². The monoisotopic (exact) mass is 455 g/mol. The molecule has 3 N–H and O–H groups in total. The third-order valence-corrected chi connectivity index (χ3v) is 8.54. The molecule has 5 rings (SSSR count). The molecule has 3 aromatic rings. The van der Waals surface area contributed by atoms with Crippen LogP contribution in [-0.2, 0) is 17.4 Å². The lowest BCUT2D eigenvalue weighted by molar-refractivity contribution is 0.177. The zero-order chi connectivity index (χ0) is 21.8. The average molecular weight is 456 g/mol. The highest BCUT2D eigenvalue weighted by atomic mass is 32.2. The second-order valence-corrected chi connectivity index (χ2v) is 12.2. The topological polar surface area (TPSA) is 76.8 Å². The van der Waals surface area contributed by atoms with E-state index in [-0.39, 0.29) is 16.2 Å². The molecule has 1 spiro atoms. The van der Waals surface area contributed by atoms with Crippen LogP contribution in [-0.4, -0.2) is 37.0 Å². The number of pyridine rings is 1. The van der Waals surface area contributed by atoms with Crippen molar-refractivity contribution in [3.05, 3.63) is 52.4 Å². The Hall–Kier alpha value is -2.03. The van der Waals surface area contributed by atoms with Gasteiger partial charge in [-0.2, -0.15) is 0 Å². The van der Waals surface area contributed by atoms with Crippen LogP contribution in [0.1, 0.15) is 50.8 Å². The molecule has 2 atom stereocenters. The first-order valence-electron chi connectivity index (χ1n) is 10.8. The van der Waals surface area contributed by atoms with Gasteiger partial charge in [0, 0.05) is 19.2 Å². The van der Waals surface area contributed by atoms with Crippen LogP contribution in [0.3, 0.4) is 0 Å². The smallest absolute Gasteiger partial charge is 0.175 e. The summed E-state index contributed by atoms with van der Waals surface area (Å²) in [6.45, 7) is 7.94. The third kappa shape index (κ3) is 3.75. The summed E-state index contributed by atoms with van der Waals surface area (Å²) >= 11 is 5.20. The summed E-state index contributed by atoms with van der Waals surface area (Å²) in [7, 11) is -1.11. The number of imidazole rings is 1. The van der Waals surface area contributed by atoms with Crippen molar-refractivity contribution in [2.75, 3.05) is 18.0 Å². The Morgan fingerprint density at radius 3 is 2.65 bits per heavy atom. The molecular formula is C23H29N5OS2. The number of nitrogens with one attached hydrogen (secondary N) is 3. The first-order chi connectivity index (χ1) is 14.7. The normalized spacial score (nSPS) is 21.5. The highest BCUT2D eigenvalue weighted by Crippen LogP contribution is 2.52. The number of benzene rings is 1. The summed E-state index contributed by atoms with van der Waals surface area (Å²) in [4.78, 5) is 13.3. The molecule has 3 heterocycles. The van der Waals surface area contributed by atoms with E-state index in [1.165, 1.54) is 11.1 Å². The number of aromatic amines is 2. The summed E-state index contributed by atoms with van der Waals surface area (Å²) < 4.78 is 16.9. The Morgan fingerprint density at radius 2 is 1.90 bits per heavy atom. The number of piperidine rings is 1. The van der Waals surface area contributed by atoms with Crippen molar-refractivity contribution in [3.8, 4) is 0 Å². The molecule has 1 aliphatic heterocycles. The standard InChI is InChI=1S/C23H29N5OS2/c1-22(2,3)31(29)27-20-16-7-5-4-6-15(16)13-23(20)8-10-28(11-9-23)19-12-17-18(14-24-19)26-21(30)25-17/h4-7,12,14,20,27H,8-11,13H2,1-3H3,(H2,25,26,30)/t20-,31?/m1/s1. The highest BCUT2D eigenvalue weighted by molar-refractivity contribution is 7.84. The average Bonchev–Trinajstić information content (AvgIpc) is 3.24. The Labute approximate surface area is 190 Å². The largest absolute Gasteiger partial charge is 0.357 e. The third-order valence-electron chi connectivity index (χ3n) is 6.77. The first-order valence-corrected chi connectivity index (χ1v) is 12.4. The molecule has 0 amide bonds. The van der Waals surface area contributed by atoms with Crippen LogP contribution in [0.25, 0.3) is 11.0 Å². The molecular weight excluding hydrogens is 426 g/mol. The van der Waals surface area contributed by atoms with E-state index in [9.17, 15) is 4.21 Å². The number of rotatable bonds is 3. The second kappa shape index (κ2) is 7.53. The maximum Gasteiger partial charge on any atom is 0.175 e. The molecule has 1 unspecified atom stereocenters. The van der Waals surface area contributed by atoms with Crippen LogP contribution >= 0.6 is 12.2 Å². The van der Waals surface area contributed by atoms with Gasteiger partial charge >= 0.3 is 0 Å². The number of nitrogens with zero attached hydrogens (tertiary/aromatic N) is 2. The SMILES string of the molecule is CC(C)(C)S(=O)N[C@@H]1c2ccccc2CC12CCN(c1cc3[nH]c(=S)[nH]c3cn1)CC2. The molecule has 1 saturated heterocycles. The second-order valence-electron chi connectivity index (χ2n) is 9.82. The molecule has 0 bridgehead atoms. The Morgan fingerprint density at radius 1 is 1.19 bits per heavy atom. The van der Waals surface area contributed by atoms with E-state index in [2.05, 4.69) is 54.9 Å². The van der Waals surface area contributed by atoms with E-state index in [1.54, 1.807) is 0 Å². The van der Waals surface area contributed by atoms with Gasteiger partial charge in [-0.05, 0) is 68.8 Å². The lowest BCUT2D eigenvalue weighted by Gasteiger charge is -2.44. The number of aromatic nitrogens is 3. The summed E-state index contributed by atoms with van der Waals surface area (Å²) in [5.41, 5.74) is 4.71. The van der Waals surface area contributed by atoms with Crippen LogP contribution in [0.5, 0.6) is 0 Å². The van der Waals surface area contributed by atoms with E-state index in [1.807, 2.05) is 27.0 Å². The quantitative estimate of drug-likeness (QED) is 0.506. The van der Waals surface area contributed by atoms with Gasteiger partial charge < -0.3 is 14.9 Å². The minimum atomic E-state index is -1.11. The van der Waals surface area contributed by atoms with Gasteiger partial charge in [-0.3, -0.25) is 0 Å². The van der Waals surface area contributed by atoms with E-state index in [0.29, 0.717) is 4.77 Å². The highest BCUT2D eigenvalue weighted by Gasteiger charge is 2.48. The van der Waals surface area contributed by atoms with E-state index in [4.69, 9.17) is 12.2 Å². The molecule has 1 aliphatic carbocycles. The lowest BCUT2D eigenvalue weighted by Crippen LogP contribution is -2.48. The lowest BCUT2D eigenvalue weighted by atomic mass is 9.73. The fourth-order valence-electron chi connectivity index (χ4n) is 5.00. The van der Waals surface area contributed by atoms with Gasteiger partial charge in [0.1, 0.15) is 5.82 Å². The fraction of sp³-hybridized carbons (Fsp3) is 0.478. The van der Waals surface area contributed by atoms with Crippen LogP contribution < -0.4 is 9.62 Å². The Kier molecular flexibility index (Phi) is 5.07. The number of H-pyrrole nitrogens is 2. The van der Waals surface area contributed by atoms with Gasteiger partial charge in [-0.15, -0.1) is 0 Å². The number of anilines is 1. The van der Waals surface area contributed by atoms with Crippen molar-refractivity contribution < 1.29 is 4.21 Å². The minimum Gasteiger partial charge on any atom is -0.357 e. The Balaban J connectivity index is 1.40. The maximum atomic E-state index is 13.0. The van der Waals surface area contributed by atoms with Gasteiger partial charge in [0.25, 0.3) is 0 Å². The van der Waals surface area contributed by atoms with E-state index in [0.717, 1.165) is 49.2 Å². The van der Waals surface area contributed by atoms with E-state index >= 15 is 0 Å². The summed E-state index contributed by atoms with van der Waals surface area (Å²) in [5, 5.41) is 0. The van der Waals surface area contributed by atoms with Crippen molar-refractivity contribution in [2.24, 2.45) is 5.41 Å². The zero-order valence-corrected chi connectivity index (χ0v) is 19.8. The summed E-state index contributed by atoms with van der Waals surface area (Å²) in [6.07, 6.45) is 4.95. The Bertz CT molecular complexity index is 1200. The van der Waals surface area contributed by atoms with E-state index < -0.39 is 11.0 Å². The first kappa shape index (κ1) is 20.8. The molecule has 6 nitrogen and oxygen atoms in total. The maximum absolute atomic E-state index is 13.0. The molecule has 0 saturated carbocycles. The molecule has 2 aliphatic rings. The van der Waals surface area contributed by atoms with Crippen molar-refractivity contribution in [3.63, 3.8) is 0 Å². The van der Waals surface area contributed by atoms with Crippen molar-refractivity contribution in [1.82, 2.24) is 19.7 Å². The van der Waals surface area contributed by atoms with Crippen molar-refractivity contribution in [1.29, 1.82) is 0 Å². The number of hydrogen-bond donors (Lipinski definition) is 3. The fourth-order valence-corrected chi connectivity index (χ4v) is 6.17. The van der Waals surface area contributed by atoms with Gasteiger partial charge in [0.05, 0.1) is 39.0 Å². The molecule has 2 aromatic heterocycles. The van der Waals surface area contributed by atoms with Crippen molar-refractivity contribution >= 4 is 40.1 Å². The molecule has 164 valence electrons. The molecule has 1 aromatic carbocycles. The molecule has 1 fully saturated rings.